The summed E-state index contributed by atoms with van der Waals surface area (Å²) in [6.07, 6.45) is 4.06. The average molecular weight is 498 g/mol. The van der Waals surface area contributed by atoms with Gasteiger partial charge in [0.15, 0.2) is 11.8 Å². The number of hydrogen-bond donors (Lipinski definition) is 2. The summed E-state index contributed by atoms with van der Waals surface area (Å²) in [6.45, 7) is 3.88. The van der Waals surface area contributed by atoms with Crippen molar-refractivity contribution in [1.82, 2.24) is 25.4 Å². The van der Waals surface area contributed by atoms with Gasteiger partial charge in [-0.15, -0.1) is 24.0 Å². The molecule has 0 aliphatic carbocycles. The van der Waals surface area contributed by atoms with Crippen LogP contribution in [0.4, 0.5) is 0 Å². The number of halogens is 1. The van der Waals surface area contributed by atoms with Gasteiger partial charge in [-0.25, -0.2) is 4.98 Å². The summed E-state index contributed by atoms with van der Waals surface area (Å²) in [6, 6.07) is 8.25. The molecule has 0 spiro atoms. The molecule has 9 heteroatoms. The molecule has 2 aromatic rings. The molecule has 1 aromatic carbocycles. The number of H-pyrrole nitrogens is 1. The lowest BCUT2D eigenvalue weighted by atomic mass is 10.1. The van der Waals surface area contributed by atoms with Crippen LogP contribution in [0.2, 0.25) is 0 Å². The molecule has 8 nitrogen and oxygen atoms in total. The lowest BCUT2D eigenvalue weighted by Crippen LogP contribution is -2.53. The summed E-state index contributed by atoms with van der Waals surface area (Å²) in [5.41, 5.74) is 2.18. The van der Waals surface area contributed by atoms with Gasteiger partial charge in [0.1, 0.15) is 12.4 Å². The number of hydrogen-bond acceptors (Lipinski definition) is 5. The molecule has 152 valence electrons. The summed E-state index contributed by atoms with van der Waals surface area (Å²) in [7, 11) is 1.82. The predicted molar refractivity (Wildman–Crippen MR) is 118 cm³/mol. The molecule has 2 fully saturated rings. The van der Waals surface area contributed by atoms with E-state index in [-0.39, 0.29) is 36.2 Å². The van der Waals surface area contributed by atoms with Crippen LogP contribution >= 0.6 is 24.0 Å². The summed E-state index contributed by atoms with van der Waals surface area (Å²) in [5, 5.41) is 10.3. The van der Waals surface area contributed by atoms with Crippen molar-refractivity contribution in [3.63, 3.8) is 0 Å². The Kier molecular flexibility index (Phi) is 7.63. The Morgan fingerprint density at radius 2 is 2.21 bits per heavy atom. The highest BCUT2D eigenvalue weighted by Gasteiger charge is 2.32. The van der Waals surface area contributed by atoms with E-state index in [1.165, 1.54) is 6.33 Å². The van der Waals surface area contributed by atoms with Crippen LogP contribution in [0.1, 0.15) is 18.4 Å². The molecule has 4 rings (SSSR count). The SMILES string of the molecule is CN=C(NCc1cccc(-c2ncn[nH]2)c1)N1CCOC(C2CCCO2)C1.I. The number of rotatable bonds is 4. The third-order valence-corrected chi connectivity index (χ3v) is 5.05. The second-order valence-electron chi connectivity index (χ2n) is 6.84. The number of morpholine rings is 1. The van der Waals surface area contributed by atoms with Crippen molar-refractivity contribution in [2.75, 3.05) is 33.4 Å². The van der Waals surface area contributed by atoms with Crippen LogP contribution in [-0.4, -0.2) is 71.6 Å². The van der Waals surface area contributed by atoms with Gasteiger partial charge in [0.2, 0.25) is 0 Å². The fourth-order valence-corrected chi connectivity index (χ4v) is 3.68. The maximum absolute atomic E-state index is 5.94. The Morgan fingerprint density at radius 1 is 1.32 bits per heavy atom. The highest BCUT2D eigenvalue weighted by molar-refractivity contribution is 14.0. The zero-order chi connectivity index (χ0) is 18.5. The van der Waals surface area contributed by atoms with E-state index in [1.54, 1.807) is 0 Å². The van der Waals surface area contributed by atoms with Crippen molar-refractivity contribution in [2.45, 2.75) is 31.6 Å². The van der Waals surface area contributed by atoms with Crippen LogP contribution in [0.5, 0.6) is 0 Å². The molecule has 2 saturated heterocycles. The van der Waals surface area contributed by atoms with E-state index < -0.39 is 0 Å². The smallest absolute Gasteiger partial charge is 0.194 e. The van der Waals surface area contributed by atoms with E-state index in [2.05, 4.69) is 42.5 Å². The topological polar surface area (TPSA) is 87.7 Å². The number of aromatic nitrogens is 3. The van der Waals surface area contributed by atoms with Gasteiger partial charge in [-0.1, -0.05) is 18.2 Å². The van der Waals surface area contributed by atoms with Crippen molar-refractivity contribution in [3.8, 4) is 11.4 Å². The molecule has 28 heavy (non-hydrogen) atoms. The largest absolute Gasteiger partial charge is 0.375 e. The molecular weight excluding hydrogens is 471 g/mol. The van der Waals surface area contributed by atoms with E-state index in [9.17, 15) is 0 Å². The number of nitrogens with zero attached hydrogens (tertiary/aromatic N) is 4. The molecule has 0 radical (unpaired) electrons. The fourth-order valence-electron chi connectivity index (χ4n) is 3.68. The molecule has 3 heterocycles. The standard InChI is InChI=1S/C19H26N6O2.HI/c1-20-19(25-7-9-27-17(12-25)16-6-3-8-26-16)21-11-14-4-2-5-15(10-14)18-22-13-23-24-18;/h2,4-5,10,13,16-17H,3,6-9,11-12H2,1H3,(H,20,21)(H,22,23,24);1H. The zero-order valence-corrected chi connectivity index (χ0v) is 18.3. The van der Waals surface area contributed by atoms with E-state index in [1.807, 2.05) is 19.2 Å². The molecule has 2 aliphatic rings. The predicted octanol–water partition coefficient (Wildman–Crippen LogP) is 2.04. The molecule has 2 atom stereocenters. The van der Waals surface area contributed by atoms with Crippen LogP contribution in [0, 0.1) is 0 Å². The molecule has 0 bridgehead atoms. The number of aromatic amines is 1. The van der Waals surface area contributed by atoms with Crippen LogP contribution in [0.15, 0.2) is 35.6 Å². The van der Waals surface area contributed by atoms with Gasteiger partial charge in [-0.2, -0.15) is 5.10 Å². The van der Waals surface area contributed by atoms with Crippen LogP contribution in [0.3, 0.4) is 0 Å². The van der Waals surface area contributed by atoms with Gasteiger partial charge < -0.3 is 19.7 Å². The van der Waals surface area contributed by atoms with Crippen LogP contribution in [0.25, 0.3) is 11.4 Å². The lowest BCUT2D eigenvalue weighted by Gasteiger charge is -2.37. The molecule has 2 unspecified atom stereocenters. The van der Waals surface area contributed by atoms with E-state index in [0.29, 0.717) is 13.2 Å². The molecule has 2 N–H and O–H groups in total. The Morgan fingerprint density at radius 3 is 2.96 bits per heavy atom. The Bertz CT molecular complexity index is 764. The first-order valence-corrected chi connectivity index (χ1v) is 9.47. The van der Waals surface area contributed by atoms with Crippen LogP contribution < -0.4 is 5.32 Å². The lowest BCUT2D eigenvalue weighted by molar-refractivity contribution is -0.0817. The number of benzene rings is 1. The molecule has 2 aliphatic heterocycles. The van der Waals surface area contributed by atoms with E-state index in [4.69, 9.17) is 9.47 Å². The van der Waals surface area contributed by atoms with Crippen molar-refractivity contribution in [1.29, 1.82) is 0 Å². The van der Waals surface area contributed by atoms with E-state index >= 15 is 0 Å². The van der Waals surface area contributed by atoms with Gasteiger partial charge >= 0.3 is 0 Å². The minimum atomic E-state index is 0. The maximum atomic E-state index is 5.94. The number of ether oxygens (including phenoxy) is 2. The molecule has 1 aromatic heterocycles. The van der Waals surface area contributed by atoms with Gasteiger partial charge in [-0.05, 0) is 24.5 Å². The van der Waals surface area contributed by atoms with Crippen molar-refractivity contribution < 1.29 is 9.47 Å². The minimum Gasteiger partial charge on any atom is -0.375 e. The van der Waals surface area contributed by atoms with E-state index in [0.717, 1.165) is 55.4 Å². The monoisotopic (exact) mass is 498 g/mol. The number of guanidine groups is 1. The molecular formula is C19H27IN6O2. The second kappa shape index (κ2) is 10.2. The first kappa shape index (κ1) is 21.0. The maximum Gasteiger partial charge on any atom is 0.194 e. The Hall–Kier alpha value is -1.72. The second-order valence-corrected chi connectivity index (χ2v) is 6.84. The third kappa shape index (κ3) is 5.00. The summed E-state index contributed by atoms with van der Waals surface area (Å²) in [4.78, 5) is 10.9. The van der Waals surface area contributed by atoms with Gasteiger partial charge in [0, 0.05) is 38.9 Å². The quantitative estimate of drug-likeness (QED) is 0.381. The first-order valence-electron chi connectivity index (χ1n) is 9.47. The van der Waals surface area contributed by atoms with Crippen molar-refractivity contribution in [2.24, 2.45) is 4.99 Å². The highest BCUT2D eigenvalue weighted by atomic mass is 127. The summed E-state index contributed by atoms with van der Waals surface area (Å²) < 4.78 is 11.7. The highest BCUT2D eigenvalue weighted by Crippen LogP contribution is 2.21. The third-order valence-electron chi connectivity index (χ3n) is 5.05. The summed E-state index contributed by atoms with van der Waals surface area (Å²) >= 11 is 0. The van der Waals surface area contributed by atoms with Crippen LogP contribution in [-0.2, 0) is 16.0 Å². The first-order chi connectivity index (χ1) is 13.3. The number of nitrogens with one attached hydrogen (secondary N) is 2. The number of aliphatic imine (C=N–C) groups is 1. The Labute approximate surface area is 182 Å². The minimum absolute atomic E-state index is 0. The van der Waals surface area contributed by atoms with Crippen molar-refractivity contribution >= 4 is 29.9 Å². The zero-order valence-electron chi connectivity index (χ0n) is 16.0. The normalized spacial score (nSPS) is 22.8. The molecule has 0 amide bonds. The average Bonchev–Trinajstić information content (AvgIpc) is 3.43. The van der Waals surface area contributed by atoms with Gasteiger partial charge in [0.25, 0.3) is 0 Å². The van der Waals surface area contributed by atoms with Crippen molar-refractivity contribution in [3.05, 3.63) is 36.2 Å². The summed E-state index contributed by atoms with van der Waals surface area (Å²) in [5.74, 6) is 1.67. The Balaban J connectivity index is 0.00000225. The van der Waals surface area contributed by atoms with Gasteiger partial charge in [0.05, 0.1) is 12.7 Å². The molecule has 0 saturated carbocycles. The fraction of sp³-hybridized carbons (Fsp3) is 0.526. The van der Waals surface area contributed by atoms with Gasteiger partial charge in [-0.3, -0.25) is 10.1 Å².